The van der Waals surface area contributed by atoms with E-state index >= 15 is 0 Å². The summed E-state index contributed by atoms with van der Waals surface area (Å²) in [7, 11) is 1.76. The van der Waals surface area contributed by atoms with Crippen LogP contribution in [0.1, 0.15) is 34.5 Å². The molecular weight excluding hydrogens is 264 g/mol. The van der Waals surface area contributed by atoms with E-state index < -0.39 is 11.6 Å². The summed E-state index contributed by atoms with van der Waals surface area (Å²) >= 11 is 1.57. The van der Waals surface area contributed by atoms with Crippen LogP contribution >= 0.6 is 11.3 Å². The minimum absolute atomic E-state index is 0.301. The van der Waals surface area contributed by atoms with Crippen molar-refractivity contribution in [1.29, 1.82) is 0 Å². The molecule has 0 aliphatic heterocycles. The van der Waals surface area contributed by atoms with Gasteiger partial charge in [-0.25, -0.2) is 8.78 Å². The Hall–Kier alpha value is -1.26. The average molecular weight is 281 g/mol. The lowest BCUT2D eigenvalue weighted by Gasteiger charge is -2.18. The van der Waals surface area contributed by atoms with Crippen molar-refractivity contribution in [3.63, 3.8) is 0 Å². The third kappa shape index (κ3) is 2.55. The predicted octanol–water partition coefficient (Wildman–Crippen LogP) is 4.21. The third-order valence-electron chi connectivity index (χ3n) is 3.33. The van der Waals surface area contributed by atoms with Gasteiger partial charge in [-0.3, -0.25) is 0 Å². The molecule has 1 N–H and O–H groups in total. The topological polar surface area (TPSA) is 12.0 Å². The number of hydrogen-bond donors (Lipinski definition) is 1. The lowest BCUT2D eigenvalue weighted by molar-refractivity contribution is 0.483. The summed E-state index contributed by atoms with van der Waals surface area (Å²) < 4.78 is 27.8. The molecule has 0 saturated carbocycles. The summed E-state index contributed by atoms with van der Waals surface area (Å²) in [4.78, 5) is 1.05. The van der Waals surface area contributed by atoms with Crippen molar-refractivity contribution in [2.75, 3.05) is 7.05 Å². The Morgan fingerprint density at radius 1 is 1.21 bits per heavy atom. The Labute approximate surface area is 116 Å². The lowest BCUT2D eigenvalue weighted by Crippen LogP contribution is -2.19. The van der Waals surface area contributed by atoms with Crippen molar-refractivity contribution in [3.8, 4) is 0 Å². The standard InChI is InChI=1S/C15H17F2NS/c1-4-10-7-8-19-15(10)14(18-3)11-6-5-9(2)12(16)13(11)17/h5-8,14,18H,4H2,1-3H3. The van der Waals surface area contributed by atoms with Crippen molar-refractivity contribution in [2.24, 2.45) is 0 Å². The summed E-state index contributed by atoms with van der Waals surface area (Å²) in [6.45, 7) is 3.63. The number of nitrogens with one attached hydrogen (secondary N) is 1. The van der Waals surface area contributed by atoms with E-state index in [0.717, 1.165) is 11.3 Å². The molecule has 4 heteroatoms. The van der Waals surface area contributed by atoms with E-state index in [-0.39, 0.29) is 6.04 Å². The molecule has 102 valence electrons. The zero-order valence-electron chi connectivity index (χ0n) is 11.3. The lowest BCUT2D eigenvalue weighted by atomic mass is 9.99. The Balaban J connectivity index is 2.52. The van der Waals surface area contributed by atoms with Crippen molar-refractivity contribution in [1.82, 2.24) is 5.32 Å². The van der Waals surface area contributed by atoms with Gasteiger partial charge in [0, 0.05) is 10.4 Å². The van der Waals surface area contributed by atoms with Crippen molar-refractivity contribution < 1.29 is 8.78 Å². The number of rotatable bonds is 4. The largest absolute Gasteiger partial charge is 0.309 e. The molecule has 1 aromatic carbocycles. The molecule has 0 aliphatic carbocycles. The Morgan fingerprint density at radius 3 is 2.58 bits per heavy atom. The second-order valence-electron chi connectivity index (χ2n) is 4.48. The van der Waals surface area contributed by atoms with Crippen LogP contribution in [0.5, 0.6) is 0 Å². The van der Waals surface area contributed by atoms with Crippen LogP contribution in [0.25, 0.3) is 0 Å². The highest BCUT2D eigenvalue weighted by molar-refractivity contribution is 7.10. The molecule has 0 bridgehead atoms. The summed E-state index contributed by atoms with van der Waals surface area (Å²) in [5, 5.41) is 5.07. The smallest absolute Gasteiger partial charge is 0.164 e. The first-order valence-electron chi connectivity index (χ1n) is 6.28. The van der Waals surface area contributed by atoms with Crippen LogP contribution in [0.15, 0.2) is 23.6 Å². The third-order valence-corrected chi connectivity index (χ3v) is 4.35. The average Bonchev–Trinajstić information content (AvgIpc) is 2.88. The van der Waals surface area contributed by atoms with Gasteiger partial charge in [-0.2, -0.15) is 0 Å². The van der Waals surface area contributed by atoms with Crippen molar-refractivity contribution in [2.45, 2.75) is 26.3 Å². The van der Waals surface area contributed by atoms with Gasteiger partial charge in [-0.1, -0.05) is 19.1 Å². The van der Waals surface area contributed by atoms with Crippen LogP contribution < -0.4 is 5.32 Å². The molecule has 1 aromatic heterocycles. The van der Waals surface area contributed by atoms with Gasteiger partial charge in [0.05, 0.1) is 6.04 Å². The first kappa shape index (κ1) is 14.2. The molecule has 2 aromatic rings. The molecule has 0 radical (unpaired) electrons. The molecule has 1 unspecified atom stereocenters. The van der Waals surface area contributed by atoms with E-state index in [9.17, 15) is 8.78 Å². The second kappa shape index (κ2) is 5.80. The molecule has 0 aliphatic rings. The van der Waals surface area contributed by atoms with E-state index in [0.29, 0.717) is 11.1 Å². The fraction of sp³-hybridized carbons (Fsp3) is 0.333. The number of hydrogen-bond acceptors (Lipinski definition) is 2. The van der Waals surface area contributed by atoms with Crippen molar-refractivity contribution >= 4 is 11.3 Å². The van der Waals surface area contributed by atoms with Gasteiger partial charge < -0.3 is 5.32 Å². The molecule has 0 fully saturated rings. The monoisotopic (exact) mass is 281 g/mol. The summed E-state index contributed by atoms with van der Waals surface area (Å²) in [6, 6.07) is 5.02. The minimum Gasteiger partial charge on any atom is -0.309 e. The normalized spacial score (nSPS) is 12.7. The van der Waals surface area contributed by atoms with E-state index in [2.05, 4.69) is 12.2 Å². The van der Waals surface area contributed by atoms with Gasteiger partial charge in [-0.15, -0.1) is 11.3 Å². The van der Waals surface area contributed by atoms with Gasteiger partial charge in [0.25, 0.3) is 0 Å². The fourth-order valence-electron chi connectivity index (χ4n) is 2.20. The van der Waals surface area contributed by atoms with Crippen LogP contribution in [0, 0.1) is 18.6 Å². The first-order chi connectivity index (χ1) is 9.10. The highest BCUT2D eigenvalue weighted by Crippen LogP contribution is 2.32. The highest BCUT2D eigenvalue weighted by Gasteiger charge is 2.22. The summed E-state index contributed by atoms with van der Waals surface area (Å²) in [5.41, 5.74) is 1.87. The molecule has 1 atom stereocenters. The number of halogens is 2. The quantitative estimate of drug-likeness (QED) is 0.885. The van der Waals surface area contributed by atoms with Crippen LogP contribution in [-0.4, -0.2) is 7.05 Å². The molecule has 1 heterocycles. The van der Waals surface area contributed by atoms with Gasteiger partial charge >= 0.3 is 0 Å². The van der Waals surface area contributed by atoms with Gasteiger partial charge in [0.15, 0.2) is 11.6 Å². The maximum atomic E-state index is 14.1. The van der Waals surface area contributed by atoms with Gasteiger partial charge in [0.2, 0.25) is 0 Å². The zero-order valence-corrected chi connectivity index (χ0v) is 12.1. The summed E-state index contributed by atoms with van der Waals surface area (Å²) in [5.74, 6) is -1.51. The van der Waals surface area contributed by atoms with E-state index in [1.165, 1.54) is 5.56 Å². The fourth-order valence-corrected chi connectivity index (χ4v) is 3.33. The number of aryl methyl sites for hydroxylation is 2. The Kier molecular flexibility index (Phi) is 4.32. The highest BCUT2D eigenvalue weighted by atomic mass is 32.1. The number of benzene rings is 1. The van der Waals surface area contributed by atoms with Gasteiger partial charge in [-0.05, 0) is 43.0 Å². The van der Waals surface area contributed by atoms with Crippen molar-refractivity contribution in [3.05, 3.63) is 56.8 Å². The molecule has 0 spiro atoms. The zero-order chi connectivity index (χ0) is 14.0. The van der Waals surface area contributed by atoms with E-state index in [1.807, 2.05) is 11.4 Å². The molecule has 0 amide bonds. The Bertz CT molecular complexity index is 578. The second-order valence-corrected chi connectivity index (χ2v) is 5.43. The van der Waals surface area contributed by atoms with Gasteiger partial charge in [0.1, 0.15) is 0 Å². The number of thiophene rings is 1. The van der Waals surface area contributed by atoms with Crippen LogP contribution in [0.2, 0.25) is 0 Å². The Morgan fingerprint density at radius 2 is 1.95 bits per heavy atom. The molecular formula is C15H17F2NS. The first-order valence-corrected chi connectivity index (χ1v) is 7.16. The molecule has 19 heavy (non-hydrogen) atoms. The maximum absolute atomic E-state index is 14.1. The van der Waals surface area contributed by atoms with E-state index in [1.54, 1.807) is 37.4 Å². The van der Waals surface area contributed by atoms with Crippen LogP contribution in [0.4, 0.5) is 8.78 Å². The molecule has 2 rings (SSSR count). The van der Waals surface area contributed by atoms with Crippen LogP contribution in [0.3, 0.4) is 0 Å². The predicted molar refractivity (Wildman–Crippen MR) is 75.7 cm³/mol. The SMILES string of the molecule is CCc1ccsc1C(NC)c1ccc(C)c(F)c1F. The van der Waals surface area contributed by atoms with E-state index in [4.69, 9.17) is 0 Å². The maximum Gasteiger partial charge on any atom is 0.164 e. The minimum atomic E-state index is -0.757. The molecule has 0 saturated heterocycles. The summed E-state index contributed by atoms with van der Waals surface area (Å²) in [6.07, 6.45) is 0.882. The molecule has 1 nitrogen and oxygen atoms in total. The van der Waals surface area contributed by atoms with Crippen LogP contribution in [-0.2, 0) is 6.42 Å².